The predicted octanol–water partition coefficient (Wildman–Crippen LogP) is 4.64. The number of alkyl carbamates (subject to hydrolysis) is 1. The van der Waals surface area contributed by atoms with Crippen LogP contribution in [0.25, 0.3) is 0 Å². The van der Waals surface area contributed by atoms with Crippen molar-refractivity contribution in [3.05, 3.63) is 35.9 Å². The molecule has 2 saturated carbocycles. The molecule has 4 heteroatoms. The molecule has 2 aliphatic rings. The summed E-state index contributed by atoms with van der Waals surface area (Å²) < 4.78 is 5.31. The van der Waals surface area contributed by atoms with Gasteiger partial charge in [0.2, 0.25) is 0 Å². The van der Waals surface area contributed by atoms with E-state index in [1.165, 1.54) is 25.7 Å². The van der Waals surface area contributed by atoms with Gasteiger partial charge in [-0.2, -0.15) is 0 Å². The highest BCUT2D eigenvalue weighted by Crippen LogP contribution is 2.39. The van der Waals surface area contributed by atoms with Gasteiger partial charge in [-0.05, 0) is 42.6 Å². The van der Waals surface area contributed by atoms with Gasteiger partial charge in [0.05, 0.1) is 0 Å². The Morgan fingerprint density at radius 2 is 1.77 bits per heavy atom. The van der Waals surface area contributed by atoms with Gasteiger partial charge >= 0.3 is 6.09 Å². The van der Waals surface area contributed by atoms with Crippen molar-refractivity contribution in [3.63, 3.8) is 0 Å². The molecule has 2 fully saturated rings. The first-order valence-electron chi connectivity index (χ1n) is 10.1. The van der Waals surface area contributed by atoms with Crippen molar-refractivity contribution in [3.8, 4) is 0 Å². The van der Waals surface area contributed by atoms with E-state index in [9.17, 15) is 4.79 Å². The van der Waals surface area contributed by atoms with Crippen LogP contribution in [0.1, 0.15) is 64.9 Å². The lowest BCUT2D eigenvalue weighted by Crippen LogP contribution is -2.57. The Bertz CT molecular complexity index is 576. The maximum absolute atomic E-state index is 11.9. The van der Waals surface area contributed by atoms with E-state index in [1.807, 2.05) is 30.3 Å². The van der Waals surface area contributed by atoms with Gasteiger partial charge in [-0.3, -0.25) is 0 Å². The molecular weight excluding hydrogens is 324 g/mol. The molecule has 0 bridgehead atoms. The Morgan fingerprint density at radius 1 is 1.08 bits per heavy atom. The fraction of sp³-hybridized carbons (Fsp3) is 0.682. The Kier molecular flexibility index (Phi) is 6.23. The summed E-state index contributed by atoms with van der Waals surface area (Å²) in [6.45, 7) is 7.43. The van der Waals surface area contributed by atoms with E-state index >= 15 is 0 Å². The molecule has 1 aromatic carbocycles. The van der Waals surface area contributed by atoms with E-state index < -0.39 is 0 Å². The molecule has 0 aromatic heterocycles. The number of carbonyl (C=O) groups is 1. The van der Waals surface area contributed by atoms with E-state index in [0.717, 1.165) is 24.3 Å². The van der Waals surface area contributed by atoms with Crippen LogP contribution in [0.4, 0.5) is 4.79 Å². The lowest BCUT2D eigenvalue weighted by Gasteiger charge is -2.45. The number of carbonyl (C=O) groups excluding carboxylic acids is 1. The molecule has 26 heavy (non-hydrogen) atoms. The summed E-state index contributed by atoms with van der Waals surface area (Å²) in [5.41, 5.74) is 1.38. The minimum atomic E-state index is -0.303. The van der Waals surface area contributed by atoms with Crippen LogP contribution in [0.5, 0.6) is 0 Å². The van der Waals surface area contributed by atoms with E-state index in [1.54, 1.807) is 0 Å². The van der Waals surface area contributed by atoms with Crippen molar-refractivity contribution >= 4 is 6.09 Å². The molecule has 0 saturated heterocycles. The van der Waals surface area contributed by atoms with Crippen molar-refractivity contribution in [2.24, 2.45) is 11.3 Å². The van der Waals surface area contributed by atoms with Crippen LogP contribution in [0.3, 0.4) is 0 Å². The fourth-order valence-electron chi connectivity index (χ4n) is 4.47. The second kappa shape index (κ2) is 8.43. The third-order valence-electron chi connectivity index (χ3n) is 6.00. The molecule has 1 aromatic rings. The van der Waals surface area contributed by atoms with Crippen molar-refractivity contribution in [2.75, 3.05) is 0 Å². The van der Waals surface area contributed by atoms with Crippen molar-refractivity contribution in [1.82, 2.24) is 10.6 Å². The lowest BCUT2D eigenvalue weighted by atomic mass is 9.69. The molecule has 2 unspecified atom stereocenters. The minimum Gasteiger partial charge on any atom is -0.445 e. The molecule has 2 aliphatic carbocycles. The average molecular weight is 359 g/mol. The largest absolute Gasteiger partial charge is 0.445 e. The number of ether oxygens (including phenoxy) is 1. The number of amides is 1. The van der Waals surface area contributed by atoms with Crippen LogP contribution in [-0.4, -0.2) is 24.2 Å². The molecular formula is C22H34N2O2. The molecule has 0 spiro atoms. The van der Waals surface area contributed by atoms with Gasteiger partial charge in [-0.25, -0.2) is 4.79 Å². The van der Waals surface area contributed by atoms with Gasteiger partial charge in [-0.1, -0.05) is 63.9 Å². The van der Waals surface area contributed by atoms with Crippen LogP contribution >= 0.6 is 0 Å². The summed E-state index contributed by atoms with van der Waals surface area (Å²) in [5.74, 6) is 0.749. The number of nitrogens with one attached hydrogen (secondary N) is 2. The fourth-order valence-corrected chi connectivity index (χ4v) is 4.47. The zero-order chi connectivity index (χ0) is 18.6. The maximum Gasteiger partial charge on any atom is 0.407 e. The van der Waals surface area contributed by atoms with Crippen molar-refractivity contribution in [1.29, 1.82) is 0 Å². The second-order valence-electron chi connectivity index (χ2n) is 9.10. The first-order chi connectivity index (χ1) is 12.4. The highest BCUT2D eigenvalue weighted by molar-refractivity contribution is 5.67. The predicted molar refractivity (Wildman–Crippen MR) is 105 cm³/mol. The topological polar surface area (TPSA) is 50.4 Å². The smallest absolute Gasteiger partial charge is 0.407 e. The lowest BCUT2D eigenvalue weighted by molar-refractivity contribution is 0.0976. The molecule has 0 heterocycles. The van der Waals surface area contributed by atoms with E-state index in [0.29, 0.717) is 24.1 Å². The molecule has 1 amide bonds. The molecule has 2 atom stereocenters. The molecule has 0 aliphatic heterocycles. The van der Waals surface area contributed by atoms with E-state index in [4.69, 9.17) is 4.74 Å². The van der Waals surface area contributed by atoms with Crippen LogP contribution < -0.4 is 10.6 Å². The van der Waals surface area contributed by atoms with Gasteiger partial charge in [0, 0.05) is 18.1 Å². The van der Waals surface area contributed by atoms with Crippen molar-refractivity contribution < 1.29 is 9.53 Å². The zero-order valence-electron chi connectivity index (χ0n) is 16.5. The zero-order valence-corrected chi connectivity index (χ0v) is 16.5. The van der Waals surface area contributed by atoms with Gasteiger partial charge < -0.3 is 15.4 Å². The van der Waals surface area contributed by atoms with Gasteiger partial charge in [0.1, 0.15) is 6.61 Å². The van der Waals surface area contributed by atoms with Crippen molar-refractivity contribution in [2.45, 2.75) is 84.0 Å². The highest BCUT2D eigenvalue weighted by Gasteiger charge is 2.38. The number of hydrogen-bond acceptors (Lipinski definition) is 3. The summed E-state index contributed by atoms with van der Waals surface area (Å²) in [4.78, 5) is 11.9. The minimum absolute atomic E-state index is 0.243. The Hall–Kier alpha value is -1.55. The Labute approximate surface area is 158 Å². The molecule has 3 rings (SSSR count). The summed E-state index contributed by atoms with van der Waals surface area (Å²) in [6, 6.07) is 11.2. The van der Waals surface area contributed by atoms with E-state index in [-0.39, 0.29) is 12.1 Å². The summed E-state index contributed by atoms with van der Waals surface area (Å²) in [6.07, 6.45) is 7.04. The second-order valence-corrected chi connectivity index (χ2v) is 9.10. The average Bonchev–Trinajstić information content (AvgIpc) is 2.58. The Morgan fingerprint density at radius 3 is 2.46 bits per heavy atom. The number of hydrogen-bond donors (Lipinski definition) is 2. The first-order valence-corrected chi connectivity index (χ1v) is 10.1. The maximum atomic E-state index is 11.9. The molecule has 4 nitrogen and oxygen atoms in total. The molecule has 144 valence electrons. The summed E-state index contributed by atoms with van der Waals surface area (Å²) in [5, 5.41) is 6.88. The van der Waals surface area contributed by atoms with Crippen LogP contribution in [0.15, 0.2) is 30.3 Å². The number of benzene rings is 1. The molecule has 2 N–H and O–H groups in total. The first kappa shape index (κ1) is 19.2. The monoisotopic (exact) mass is 358 g/mol. The standard InChI is InChI=1S/C22H34N2O2/c1-22(2,3)19-11-7-8-12-20(19)23-17-13-18(14-17)24-21(25)26-15-16-9-5-4-6-10-16/h4-6,9-10,17-20,23H,7-8,11-15H2,1-3H3,(H,24,25). The van der Waals surface area contributed by atoms with Gasteiger partial charge in [0.25, 0.3) is 0 Å². The quantitative estimate of drug-likeness (QED) is 0.806. The van der Waals surface area contributed by atoms with Gasteiger partial charge in [-0.15, -0.1) is 0 Å². The third-order valence-corrected chi connectivity index (χ3v) is 6.00. The summed E-state index contributed by atoms with van der Waals surface area (Å²) in [7, 11) is 0. The SMILES string of the molecule is CC(C)(C)C1CCCCC1NC1CC(NC(=O)OCc2ccccc2)C1. The van der Waals surface area contributed by atoms with Crippen LogP contribution in [0.2, 0.25) is 0 Å². The van der Waals surface area contributed by atoms with Crippen LogP contribution in [-0.2, 0) is 11.3 Å². The summed E-state index contributed by atoms with van der Waals surface area (Å²) >= 11 is 0. The molecule has 0 radical (unpaired) electrons. The van der Waals surface area contributed by atoms with Crippen LogP contribution in [0, 0.1) is 11.3 Å². The Balaban J connectivity index is 1.36. The third kappa shape index (κ3) is 5.23. The number of rotatable bonds is 5. The van der Waals surface area contributed by atoms with E-state index in [2.05, 4.69) is 31.4 Å². The van der Waals surface area contributed by atoms with Gasteiger partial charge in [0.15, 0.2) is 0 Å². The normalized spacial score (nSPS) is 28.9. The highest BCUT2D eigenvalue weighted by atomic mass is 16.5.